The fourth-order valence-electron chi connectivity index (χ4n) is 4.16. The molecule has 3 heterocycles. The Kier molecular flexibility index (Phi) is 4.61. The van der Waals surface area contributed by atoms with Crippen LogP contribution in [0, 0.1) is 0 Å². The lowest BCUT2D eigenvalue weighted by atomic mass is 10.00. The van der Waals surface area contributed by atoms with Crippen molar-refractivity contribution in [3.63, 3.8) is 0 Å². The van der Waals surface area contributed by atoms with Crippen molar-refractivity contribution in [2.24, 2.45) is 0 Å². The number of alkyl halides is 3. The monoisotopic (exact) mass is 361 g/mol. The average molecular weight is 361 g/mol. The SMILES string of the molecule is FC(F)(F)c1ccccc1-c1cncc(N2CCN3CCCC2CC3)c1. The standard InChI is InChI=1S/C20H22F3N3/c21-20(22,23)19-6-2-1-5-18(19)15-12-17(14-24-13-15)26-11-10-25-8-3-4-16(26)7-9-25/h1-2,5-6,12-14,16H,3-4,7-11H2. The molecule has 2 aromatic rings. The fourth-order valence-corrected chi connectivity index (χ4v) is 4.16. The highest BCUT2D eigenvalue weighted by atomic mass is 19.4. The number of hydrogen-bond acceptors (Lipinski definition) is 3. The van der Waals surface area contributed by atoms with Gasteiger partial charge >= 0.3 is 6.18 Å². The molecule has 0 spiro atoms. The fraction of sp³-hybridized carbons (Fsp3) is 0.450. The molecule has 0 radical (unpaired) electrons. The third kappa shape index (κ3) is 3.43. The van der Waals surface area contributed by atoms with Gasteiger partial charge in [0.25, 0.3) is 0 Å². The molecule has 0 saturated carbocycles. The number of pyridine rings is 1. The van der Waals surface area contributed by atoms with E-state index in [1.54, 1.807) is 12.3 Å². The number of anilines is 1. The van der Waals surface area contributed by atoms with E-state index in [1.165, 1.54) is 24.8 Å². The maximum absolute atomic E-state index is 13.4. The summed E-state index contributed by atoms with van der Waals surface area (Å²) in [6.45, 7) is 4.16. The minimum atomic E-state index is -4.38. The van der Waals surface area contributed by atoms with Crippen LogP contribution < -0.4 is 4.90 Å². The molecule has 2 atom stereocenters. The Hall–Kier alpha value is -2.08. The molecule has 2 aliphatic heterocycles. The largest absolute Gasteiger partial charge is 0.417 e. The highest BCUT2D eigenvalue weighted by molar-refractivity contribution is 5.71. The van der Waals surface area contributed by atoms with E-state index in [0.717, 1.165) is 50.8 Å². The molecule has 3 nitrogen and oxygen atoms in total. The quantitative estimate of drug-likeness (QED) is 0.788. The lowest BCUT2D eigenvalue weighted by Crippen LogP contribution is -2.39. The van der Waals surface area contributed by atoms with Crippen LogP contribution in [0.2, 0.25) is 0 Å². The van der Waals surface area contributed by atoms with Crippen LogP contribution >= 0.6 is 0 Å². The zero-order valence-corrected chi connectivity index (χ0v) is 14.5. The van der Waals surface area contributed by atoms with Crippen molar-refractivity contribution < 1.29 is 13.2 Å². The minimum absolute atomic E-state index is 0.189. The van der Waals surface area contributed by atoms with E-state index in [4.69, 9.17) is 0 Å². The molecular formula is C20H22F3N3. The third-order valence-corrected chi connectivity index (χ3v) is 5.49. The first-order chi connectivity index (χ1) is 12.5. The Morgan fingerprint density at radius 2 is 1.81 bits per heavy atom. The van der Waals surface area contributed by atoms with Gasteiger partial charge < -0.3 is 9.80 Å². The molecular weight excluding hydrogens is 339 g/mol. The Balaban J connectivity index is 1.70. The van der Waals surface area contributed by atoms with Crippen LogP contribution in [0.25, 0.3) is 11.1 Å². The van der Waals surface area contributed by atoms with Gasteiger partial charge in [-0.15, -0.1) is 0 Å². The third-order valence-electron chi connectivity index (χ3n) is 5.49. The van der Waals surface area contributed by atoms with Gasteiger partial charge in [-0.2, -0.15) is 13.2 Å². The number of rotatable bonds is 2. The van der Waals surface area contributed by atoms with Crippen molar-refractivity contribution in [3.05, 3.63) is 48.3 Å². The highest BCUT2D eigenvalue weighted by Crippen LogP contribution is 2.38. The van der Waals surface area contributed by atoms with E-state index in [0.29, 0.717) is 11.6 Å². The summed E-state index contributed by atoms with van der Waals surface area (Å²) in [7, 11) is 0. The van der Waals surface area contributed by atoms with Gasteiger partial charge in [0, 0.05) is 37.4 Å². The summed E-state index contributed by atoms with van der Waals surface area (Å²) in [5.74, 6) is 0. The predicted molar refractivity (Wildman–Crippen MR) is 96.1 cm³/mol. The number of hydrogen-bond donors (Lipinski definition) is 0. The van der Waals surface area contributed by atoms with Gasteiger partial charge in [-0.3, -0.25) is 4.98 Å². The molecule has 2 unspecified atom stereocenters. The number of halogens is 3. The first kappa shape index (κ1) is 17.3. The molecule has 0 N–H and O–H groups in total. The van der Waals surface area contributed by atoms with Crippen LogP contribution in [0.3, 0.4) is 0 Å². The van der Waals surface area contributed by atoms with Crippen LogP contribution in [0.1, 0.15) is 24.8 Å². The van der Waals surface area contributed by atoms with E-state index < -0.39 is 11.7 Å². The van der Waals surface area contributed by atoms with Crippen LogP contribution in [-0.2, 0) is 6.18 Å². The number of nitrogens with zero attached hydrogens (tertiary/aromatic N) is 3. The first-order valence-electron chi connectivity index (χ1n) is 9.13. The molecule has 0 amide bonds. The minimum Gasteiger partial charge on any atom is -0.366 e. The molecule has 0 aliphatic carbocycles. The van der Waals surface area contributed by atoms with E-state index in [2.05, 4.69) is 14.8 Å². The van der Waals surface area contributed by atoms with Crippen molar-refractivity contribution in [1.82, 2.24) is 9.88 Å². The lowest BCUT2D eigenvalue weighted by molar-refractivity contribution is -0.137. The van der Waals surface area contributed by atoms with Crippen molar-refractivity contribution in [2.45, 2.75) is 31.5 Å². The molecule has 2 fully saturated rings. The van der Waals surface area contributed by atoms with Gasteiger partial charge in [-0.05, 0) is 43.5 Å². The van der Waals surface area contributed by atoms with E-state index in [9.17, 15) is 13.2 Å². The van der Waals surface area contributed by atoms with Crippen molar-refractivity contribution in [3.8, 4) is 11.1 Å². The Bertz CT molecular complexity index is 775. The molecule has 6 heteroatoms. The second-order valence-electron chi connectivity index (χ2n) is 7.09. The number of aromatic nitrogens is 1. The van der Waals surface area contributed by atoms with Gasteiger partial charge in [0.15, 0.2) is 0 Å². The first-order valence-corrected chi connectivity index (χ1v) is 9.13. The molecule has 138 valence electrons. The summed E-state index contributed by atoms with van der Waals surface area (Å²) in [6, 6.07) is 8.03. The Labute approximate surface area is 151 Å². The smallest absolute Gasteiger partial charge is 0.366 e. The molecule has 1 aromatic carbocycles. The van der Waals surface area contributed by atoms with Gasteiger partial charge in [0.05, 0.1) is 17.4 Å². The summed E-state index contributed by atoms with van der Waals surface area (Å²) in [6.07, 6.45) is 2.33. The van der Waals surface area contributed by atoms with Crippen molar-refractivity contribution in [1.29, 1.82) is 0 Å². The van der Waals surface area contributed by atoms with Crippen LogP contribution in [0.15, 0.2) is 42.7 Å². The van der Waals surface area contributed by atoms with E-state index in [-0.39, 0.29) is 5.56 Å². The van der Waals surface area contributed by atoms with E-state index in [1.807, 2.05) is 6.07 Å². The van der Waals surface area contributed by atoms with E-state index >= 15 is 0 Å². The topological polar surface area (TPSA) is 19.4 Å². The molecule has 4 rings (SSSR count). The normalized spacial score (nSPS) is 23.6. The molecule has 2 saturated heterocycles. The van der Waals surface area contributed by atoms with Gasteiger partial charge in [-0.1, -0.05) is 18.2 Å². The van der Waals surface area contributed by atoms with Crippen molar-refractivity contribution >= 4 is 5.69 Å². The molecule has 2 bridgehead atoms. The Morgan fingerprint density at radius 3 is 2.65 bits per heavy atom. The summed E-state index contributed by atoms with van der Waals surface area (Å²) < 4.78 is 40.1. The summed E-state index contributed by atoms with van der Waals surface area (Å²) in [5.41, 5.74) is 1.02. The molecule has 1 aromatic heterocycles. The average Bonchev–Trinajstić information content (AvgIpc) is 2.97. The summed E-state index contributed by atoms with van der Waals surface area (Å²) in [5, 5.41) is 0. The van der Waals surface area contributed by atoms with Gasteiger partial charge in [-0.25, -0.2) is 0 Å². The van der Waals surface area contributed by atoms with Gasteiger partial charge in [0.2, 0.25) is 0 Å². The van der Waals surface area contributed by atoms with Crippen molar-refractivity contribution in [2.75, 3.05) is 31.1 Å². The van der Waals surface area contributed by atoms with Gasteiger partial charge in [0.1, 0.15) is 0 Å². The predicted octanol–water partition coefficient (Wildman–Crippen LogP) is 4.44. The van der Waals surface area contributed by atoms with Crippen LogP contribution in [-0.4, -0.2) is 42.1 Å². The molecule has 26 heavy (non-hydrogen) atoms. The number of fused-ring (bicyclic) bond motifs is 3. The number of benzene rings is 1. The maximum Gasteiger partial charge on any atom is 0.417 e. The highest BCUT2D eigenvalue weighted by Gasteiger charge is 2.33. The van der Waals surface area contributed by atoms with Crippen LogP contribution in [0.5, 0.6) is 0 Å². The maximum atomic E-state index is 13.4. The zero-order chi connectivity index (χ0) is 18.1. The second kappa shape index (κ2) is 6.91. The lowest BCUT2D eigenvalue weighted by Gasteiger charge is -2.33. The summed E-state index contributed by atoms with van der Waals surface area (Å²) in [4.78, 5) is 9.09. The molecule has 2 aliphatic rings. The Morgan fingerprint density at radius 1 is 0.962 bits per heavy atom. The summed E-state index contributed by atoms with van der Waals surface area (Å²) >= 11 is 0. The zero-order valence-electron chi connectivity index (χ0n) is 14.5. The second-order valence-corrected chi connectivity index (χ2v) is 7.09. The van der Waals surface area contributed by atoms with Crippen LogP contribution in [0.4, 0.5) is 18.9 Å².